The number of benzene rings is 1. The maximum atomic E-state index is 11.8. The molecule has 21 heavy (non-hydrogen) atoms. The average Bonchev–Trinajstić information content (AvgIpc) is 2.89. The fourth-order valence-electron chi connectivity index (χ4n) is 1.73. The van der Waals surface area contributed by atoms with E-state index in [1.165, 1.54) is 18.4 Å². The predicted molar refractivity (Wildman–Crippen MR) is 82.8 cm³/mol. The van der Waals surface area contributed by atoms with Crippen molar-refractivity contribution < 1.29 is 9.53 Å². The Morgan fingerprint density at radius 1 is 1.52 bits per heavy atom. The van der Waals surface area contributed by atoms with Gasteiger partial charge in [0.25, 0.3) is 0 Å². The molecule has 1 aromatic heterocycles. The summed E-state index contributed by atoms with van der Waals surface area (Å²) in [5.41, 5.74) is 1.32. The summed E-state index contributed by atoms with van der Waals surface area (Å²) < 4.78 is 4.77. The molecule has 0 amide bonds. The molecule has 0 bridgehead atoms. The van der Waals surface area contributed by atoms with E-state index in [0.717, 1.165) is 0 Å². The first-order valence-electron chi connectivity index (χ1n) is 5.89. The Bertz CT molecular complexity index is 709. The summed E-state index contributed by atoms with van der Waals surface area (Å²) in [6, 6.07) is 7.04. The molecular weight excluding hydrogens is 331 g/mol. The third-order valence-corrected chi connectivity index (χ3v) is 4.17. The number of thiazole rings is 1. The number of hydrogen-bond donors (Lipinski definition) is 0. The number of carbonyl (C=O) groups excluding carboxylic acids is 1. The number of halogens is 2. The molecule has 108 valence electrons. The van der Waals surface area contributed by atoms with Crippen LogP contribution >= 0.6 is 34.5 Å². The standard InChI is InChI=1S/C14H10Cl2N2O2S/c1-20-6-13(19)10(5-17)14-18-12(7-21-14)9-3-2-8(15)4-11(9)16/h2-4,7,10H,6H2,1H3. The molecule has 0 aliphatic heterocycles. The van der Waals surface area contributed by atoms with Crippen molar-refractivity contribution in [2.24, 2.45) is 0 Å². The van der Waals surface area contributed by atoms with E-state index >= 15 is 0 Å². The number of nitriles is 1. The van der Waals surface area contributed by atoms with Gasteiger partial charge in [-0.05, 0) is 18.2 Å². The number of Topliss-reactive ketones (excluding diaryl/α,β-unsaturated/α-hetero) is 1. The van der Waals surface area contributed by atoms with Crippen LogP contribution in [0.4, 0.5) is 0 Å². The van der Waals surface area contributed by atoms with Gasteiger partial charge in [0.2, 0.25) is 0 Å². The van der Waals surface area contributed by atoms with Crippen LogP contribution in [-0.4, -0.2) is 24.5 Å². The van der Waals surface area contributed by atoms with Crippen molar-refractivity contribution in [2.75, 3.05) is 13.7 Å². The predicted octanol–water partition coefficient (Wildman–Crippen LogP) is 3.94. The van der Waals surface area contributed by atoms with Gasteiger partial charge in [0, 0.05) is 23.1 Å². The highest BCUT2D eigenvalue weighted by atomic mass is 35.5. The average molecular weight is 341 g/mol. The zero-order valence-electron chi connectivity index (χ0n) is 11.0. The van der Waals surface area contributed by atoms with Gasteiger partial charge < -0.3 is 4.74 Å². The molecule has 1 atom stereocenters. The lowest BCUT2D eigenvalue weighted by atomic mass is 10.1. The number of ketones is 1. The van der Waals surface area contributed by atoms with Crippen molar-refractivity contribution in [3.63, 3.8) is 0 Å². The van der Waals surface area contributed by atoms with Gasteiger partial charge in [0.1, 0.15) is 11.6 Å². The van der Waals surface area contributed by atoms with E-state index in [2.05, 4.69) is 4.98 Å². The largest absolute Gasteiger partial charge is 0.377 e. The van der Waals surface area contributed by atoms with Crippen molar-refractivity contribution in [3.05, 3.63) is 38.6 Å². The van der Waals surface area contributed by atoms with Crippen molar-refractivity contribution in [1.29, 1.82) is 5.26 Å². The van der Waals surface area contributed by atoms with Crippen LogP contribution in [-0.2, 0) is 9.53 Å². The van der Waals surface area contributed by atoms with Crippen LogP contribution in [0.5, 0.6) is 0 Å². The van der Waals surface area contributed by atoms with Gasteiger partial charge in [-0.15, -0.1) is 11.3 Å². The first kappa shape index (κ1) is 15.9. The topological polar surface area (TPSA) is 63.0 Å². The normalized spacial score (nSPS) is 11.9. The summed E-state index contributed by atoms with van der Waals surface area (Å²) in [6.07, 6.45) is 0. The molecule has 0 aliphatic carbocycles. The van der Waals surface area contributed by atoms with E-state index in [0.29, 0.717) is 26.3 Å². The third kappa shape index (κ3) is 3.60. The fraction of sp³-hybridized carbons (Fsp3) is 0.214. The van der Waals surface area contributed by atoms with E-state index in [4.69, 9.17) is 33.2 Å². The molecule has 1 unspecified atom stereocenters. The number of rotatable bonds is 5. The Morgan fingerprint density at radius 3 is 2.90 bits per heavy atom. The zero-order valence-corrected chi connectivity index (χ0v) is 13.3. The number of methoxy groups -OCH3 is 1. The Kier molecular flexibility index (Phi) is 5.32. The van der Waals surface area contributed by atoms with Gasteiger partial charge >= 0.3 is 0 Å². The second-order valence-corrected chi connectivity index (χ2v) is 5.89. The number of ether oxygens (including phenoxy) is 1. The lowest BCUT2D eigenvalue weighted by Crippen LogP contribution is -2.15. The summed E-state index contributed by atoms with van der Waals surface area (Å²) in [4.78, 5) is 16.1. The molecule has 0 saturated carbocycles. The summed E-state index contributed by atoms with van der Waals surface area (Å²) in [6.45, 7) is -0.116. The van der Waals surface area contributed by atoms with E-state index in [-0.39, 0.29) is 12.4 Å². The van der Waals surface area contributed by atoms with Crippen LogP contribution in [0.25, 0.3) is 11.3 Å². The van der Waals surface area contributed by atoms with Crippen molar-refractivity contribution in [2.45, 2.75) is 5.92 Å². The summed E-state index contributed by atoms with van der Waals surface area (Å²) in [5, 5.41) is 12.3. The Balaban J connectivity index is 2.33. The van der Waals surface area contributed by atoms with Crippen LogP contribution in [0.3, 0.4) is 0 Å². The van der Waals surface area contributed by atoms with E-state index < -0.39 is 5.92 Å². The van der Waals surface area contributed by atoms with Gasteiger partial charge in [0.15, 0.2) is 11.7 Å². The molecule has 1 aromatic carbocycles. The molecule has 2 rings (SSSR count). The molecule has 0 aliphatic rings. The Morgan fingerprint density at radius 2 is 2.29 bits per heavy atom. The van der Waals surface area contributed by atoms with Gasteiger partial charge in [0.05, 0.1) is 16.8 Å². The van der Waals surface area contributed by atoms with Gasteiger partial charge in [-0.3, -0.25) is 4.79 Å². The molecule has 4 nitrogen and oxygen atoms in total. The summed E-state index contributed by atoms with van der Waals surface area (Å²) >= 11 is 13.2. The third-order valence-electron chi connectivity index (χ3n) is 2.71. The number of aromatic nitrogens is 1. The van der Waals surface area contributed by atoms with E-state index in [1.807, 2.05) is 6.07 Å². The van der Waals surface area contributed by atoms with Gasteiger partial charge in [-0.25, -0.2) is 4.98 Å². The van der Waals surface area contributed by atoms with Crippen LogP contribution in [0.15, 0.2) is 23.6 Å². The molecule has 0 spiro atoms. The Hall–Kier alpha value is -1.45. The lowest BCUT2D eigenvalue weighted by Gasteiger charge is -2.04. The van der Waals surface area contributed by atoms with Crippen molar-refractivity contribution in [3.8, 4) is 17.3 Å². The maximum absolute atomic E-state index is 11.8. The molecule has 0 saturated heterocycles. The number of nitrogens with zero attached hydrogens (tertiary/aromatic N) is 2. The Labute approximate surface area is 135 Å². The van der Waals surface area contributed by atoms with E-state index in [9.17, 15) is 4.79 Å². The first-order chi connectivity index (χ1) is 10.1. The maximum Gasteiger partial charge on any atom is 0.182 e. The van der Waals surface area contributed by atoms with Crippen LogP contribution in [0, 0.1) is 11.3 Å². The summed E-state index contributed by atoms with van der Waals surface area (Å²) in [5.74, 6) is -1.24. The zero-order chi connectivity index (χ0) is 15.4. The summed E-state index contributed by atoms with van der Waals surface area (Å²) in [7, 11) is 1.41. The highest BCUT2D eigenvalue weighted by molar-refractivity contribution is 7.10. The minimum atomic E-state index is -0.922. The molecule has 0 radical (unpaired) electrons. The molecule has 2 aromatic rings. The SMILES string of the molecule is COCC(=O)C(C#N)c1nc(-c2ccc(Cl)cc2Cl)cs1. The van der Waals surface area contributed by atoms with Crippen molar-refractivity contribution in [1.82, 2.24) is 4.98 Å². The fourth-order valence-corrected chi connectivity index (χ4v) is 3.12. The molecule has 0 N–H and O–H groups in total. The van der Waals surface area contributed by atoms with Crippen LogP contribution in [0.2, 0.25) is 10.0 Å². The van der Waals surface area contributed by atoms with Gasteiger partial charge in [-0.2, -0.15) is 5.26 Å². The molecule has 0 fully saturated rings. The lowest BCUT2D eigenvalue weighted by molar-refractivity contribution is -0.122. The molecular formula is C14H10Cl2N2O2S. The monoisotopic (exact) mass is 340 g/mol. The quantitative estimate of drug-likeness (QED) is 0.826. The highest BCUT2D eigenvalue weighted by Crippen LogP contribution is 2.32. The van der Waals surface area contributed by atoms with Crippen molar-refractivity contribution >= 4 is 40.3 Å². The first-order valence-corrected chi connectivity index (χ1v) is 7.52. The molecule has 7 heteroatoms. The number of hydrogen-bond acceptors (Lipinski definition) is 5. The number of carbonyl (C=O) groups is 1. The smallest absolute Gasteiger partial charge is 0.182 e. The second kappa shape index (κ2) is 7.01. The minimum Gasteiger partial charge on any atom is -0.377 e. The minimum absolute atomic E-state index is 0.116. The van der Waals surface area contributed by atoms with Gasteiger partial charge in [-0.1, -0.05) is 23.2 Å². The molecule has 1 heterocycles. The second-order valence-electron chi connectivity index (χ2n) is 4.16. The van der Waals surface area contributed by atoms with Crippen LogP contribution in [0.1, 0.15) is 10.9 Å². The highest BCUT2D eigenvalue weighted by Gasteiger charge is 2.23. The van der Waals surface area contributed by atoms with Crippen LogP contribution < -0.4 is 0 Å². The van der Waals surface area contributed by atoms with E-state index in [1.54, 1.807) is 23.6 Å².